The molecular formula is C36H44N4O4. The van der Waals surface area contributed by atoms with Gasteiger partial charge in [0.1, 0.15) is 11.6 Å². The Morgan fingerprint density at radius 1 is 0.795 bits per heavy atom. The second-order valence-corrected chi connectivity index (χ2v) is 11.2. The molecule has 44 heavy (non-hydrogen) atoms. The fourth-order valence-corrected chi connectivity index (χ4v) is 5.13. The highest BCUT2D eigenvalue weighted by Gasteiger charge is 2.26. The highest BCUT2D eigenvalue weighted by atomic mass is 16.5. The van der Waals surface area contributed by atoms with Gasteiger partial charge in [-0.1, -0.05) is 95.0 Å². The summed E-state index contributed by atoms with van der Waals surface area (Å²) < 4.78 is 5.75. The normalized spacial score (nSPS) is 12.6. The van der Waals surface area contributed by atoms with Crippen molar-refractivity contribution in [2.24, 2.45) is 5.10 Å². The van der Waals surface area contributed by atoms with E-state index < -0.39 is 0 Å². The smallest absolute Gasteiger partial charge is 0.262 e. The lowest BCUT2D eigenvalue weighted by molar-refractivity contribution is -0.118. The second-order valence-electron chi connectivity index (χ2n) is 11.2. The number of hydrogen-bond acceptors (Lipinski definition) is 5. The molecular weight excluding hydrogens is 552 g/mol. The van der Waals surface area contributed by atoms with E-state index in [1.165, 1.54) is 68.4 Å². The Morgan fingerprint density at radius 2 is 1.48 bits per heavy atom. The first kappa shape index (κ1) is 32.5. The van der Waals surface area contributed by atoms with Crippen LogP contribution in [0.5, 0.6) is 5.75 Å². The maximum absolute atomic E-state index is 12.7. The molecule has 3 aromatic carbocycles. The van der Waals surface area contributed by atoms with Crippen LogP contribution in [0, 0.1) is 0 Å². The molecule has 2 N–H and O–H groups in total. The number of amides is 3. The van der Waals surface area contributed by atoms with Crippen LogP contribution in [0.25, 0.3) is 0 Å². The number of rotatable bonds is 17. The van der Waals surface area contributed by atoms with Gasteiger partial charge in [0.25, 0.3) is 17.7 Å². The summed E-state index contributed by atoms with van der Waals surface area (Å²) in [5.41, 5.74) is 2.79. The van der Waals surface area contributed by atoms with Crippen LogP contribution in [-0.4, -0.2) is 30.2 Å². The zero-order valence-electron chi connectivity index (χ0n) is 25.7. The number of nitrogens with zero attached hydrogens (tertiary/aromatic N) is 2. The molecule has 0 radical (unpaired) electrons. The average molecular weight is 597 g/mol. The predicted octanol–water partition coefficient (Wildman–Crippen LogP) is 7.65. The lowest BCUT2D eigenvalue weighted by Gasteiger charge is -2.10. The van der Waals surface area contributed by atoms with Gasteiger partial charge in [-0.05, 0) is 66.9 Å². The van der Waals surface area contributed by atoms with E-state index in [1.807, 2.05) is 36.4 Å². The molecule has 0 bridgehead atoms. The van der Waals surface area contributed by atoms with E-state index in [0.29, 0.717) is 22.7 Å². The maximum atomic E-state index is 12.7. The first-order chi connectivity index (χ1) is 21.5. The van der Waals surface area contributed by atoms with Gasteiger partial charge in [-0.25, -0.2) is 0 Å². The van der Waals surface area contributed by atoms with Crippen molar-refractivity contribution in [1.29, 1.82) is 0 Å². The van der Waals surface area contributed by atoms with Crippen LogP contribution < -0.4 is 20.4 Å². The largest absolute Gasteiger partial charge is 0.484 e. The van der Waals surface area contributed by atoms with Crippen molar-refractivity contribution in [3.63, 3.8) is 0 Å². The first-order valence-corrected chi connectivity index (χ1v) is 15.9. The van der Waals surface area contributed by atoms with Crippen molar-refractivity contribution in [2.75, 3.05) is 16.9 Å². The number of ether oxygens (including phenoxy) is 1. The van der Waals surface area contributed by atoms with Crippen LogP contribution in [0.3, 0.4) is 0 Å². The van der Waals surface area contributed by atoms with Crippen molar-refractivity contribution in [3.8, 4) is 5.75 Å². The Balaban J connectivity index is 1.14. The summed E-state index contributed by atoms with van der Waals surface area (Å²) in [4.78, 5) is 37.5. The van der Waals surface area contributed by atoms with Gasteiger partial charge in [-0.3, -0.25) is 14.4 Å². The number of nitrogens with one attached hydrogen (secondary N) is 2. The summed E-state index contributed by atoms with van der Waals surface area (Å²) in [7, 11) is 0. The molecule has 0 spiro atoms. The number of benzene rings is 3. The Hall–Kier alpha value is -4.46. The molecule has 0 aliphatic carbocycles. The van der Waals surface area contributed by atoms with Gasteiger partial charge < -0.3 is 15.4 Å². The summed E-state index contributed by atoms with van der Waals surface area (Å²) in [6.07, 6.45) is 14.2. The lowest BCUT2D eigenvalue weighted by atomic mass is 10.0. The highest BCUT2D eigenvalue weighted by molar-refractivity contribution is 6.17. The quantitative estimate of drug-likeness (QED) is 0.156. The summed E-state index contributed by atoms with van der Waals surface area (Å²) in [6.45, 7) is 2.14. The van der Waals surface area contributed by atoms with Gasteiger partial charge in [0, 0.05) is 11.3 Å². The molecule has 1 aliphatic rings. The summed E-state index contributed by atoms with van der Waals surface area (Å²) >= 11 is 0. The van der Waals surface area contributed by atoms with Gasteiger partial charge in [-0.2, -0.15) is 10.1 Å². The number of carbonyl (C=O) groups excluding carboxylic acids is 3. The van der Waals surface area contributed by atoms with Gasteiger partial charge in [0.15, 0.2) is 6.61 Å². The topological polar surface area (TPSA) is 100 Å². The third-order valence-corrected chi connectivity index (χ3v) is 7.55. The highest BCUT2D eigenvalue weighted by Crippen LogP contribution is 2.20. The average Bonchev–Trinajstić information content (AvgIpc) is 3.41. The molecule has 3 aromatic rings. The molecule has 4 rings (SSSR count). The van der Waals surface area contributed by atoms with Gasteiger partial charge in [0.2, 0.25) is 0 Å². The Bertz CT molecular complexity index is 1390. The third kappa shape index (κ3) is 10.7. The summed E-state index contributed by atoms with van der Waals surface area (Å²) in [6, 6.07) is 23.5. The van der Waals surface area contributed by atoms with E-state index in [2.05, 4.69) is 28.7 Å². The van der Waals surface area contributed by atoms with Gasteiger partial charge >= 0.3 is 0 Å². The standard InChI is InChI=1S/C36H44N4O4/c1-2-3-4-5-6-7-8-9-10-12-16-28-17-15-20-32(25-28)44-27-34(41)37-30-23-21-29(22-24-30)36(43)38-33-26-35(42)40(39-33)31-18-13-11-14-19-31/h11,13-15,17-25H,2-10,12,16,26-27H2,1H3,(H,37,41)(H,38,39,43). The Morgan fingerprint density at radius 3 is 2.18 bits per heavy atom. The Labute approximate surface area is 260 Å². The van der Waals surface area contributed by atoms with Crippen LogP contribution in [0.2, 0.25) is 0 Å². The molecule has 8 heteroatoms. The first-order valence-electron chi connectivity index (χ1n) is 15.9. The van der Waals surface area contributed by atoms with Gasteiger partial charge in [-0.15, -0.1) is 0 Å². The minimum Gasteiger partial charge on any atom is -0.484 e. The zero-order valence-corrected chi connectivity index (χ0v) is 25.7. The monoisotopic (exact) mass is 596 g/mol. The fourth-order valence-electron chi connectivity index (χ4n) is 5.13. The molecule has 8 nitrogen and oxygen atoms in total. The molecule has 0 saturated carbocycles. The van der Waals surface area contributed by atoms with Crippen LogP contribution in [-0.2, 0) is 16.0 Å². The van der Waals surface area contributed by atoms with Crippen molar-refractivity contribution in [2.45, 2.75) is 84.0 Å². The third-order valence-electron chi connectivity index (χ3n) is 7.55. The SMILES string of the molecule is CCCCCCCCCCCCc1cccc(OCC(=O)Nc2ccc(C(=O)NC3=NN(c4ccccc4)C(=O)C3)cc2)c1. The second kappa shape index (κ2) is 17.6. The minimum atomic E-state index is -0.384. The Kier molecular flexibility index (Phi) is 13.0. The molecule has 0 aromatic heterocycles. The fraction of sp³-hybridized carbons (Fsp3) is 0.389. The number of carbonyl (C=O) groups is 3. The van der Waals surface area contributed by atoms with E-state index in [0.717, 1.165) is 12.8 Å². The van der Waals surface area contributed by atoms with Crippen molar-refractivity contribution in [3.05, 3.63) is 90.0 Å². The summed E-state index contributed by atoms with van der Waals surface area (Å²) in [5.74, 6) is 0.0712. The molecule has 1 heterocycles. The van der Waals surface area contributed by atoms with E-state index in [4.69, 9.17) is 4.74 Å². The number of aryl methyl sites for hydroxylation is 1. The van der Waals surface area contributed by atoms with Gasteiger partial charge in [0.05, 0.1) is 12.1 Å². The molecule has 0 saturated heterocycles. The van der Waals surface area contributed by atoms with Crippen molar-refractivity contribution >= 4 is 34.9 Å². The molecule has 0 unspecified atom stereocenters. The number of unbranched alkanes of at least 4 members (excludes halogenated alkanes) is 9. The number of hydrogen-bond donors (Lipinski definition) is 2. The minimum absolute atomic E-state index is 0.0109. The van der Waals surface area contributed by atoms with Crippen LogP contribution >= 0.6 is 0 Å². The van der Waals surface area contributed by atoms with Crippen molar-refractivity contribution in [1.82, 2.24) is 5.32 Å². The number of para-hydroxylation sites is 1. The number of amidine groups is 1. The summed E-state index contributed by atoms with van der Waals surface area (Å²) in [5, 5.41) is 11.0. The van der Waals surface area contributed by atoms with Crippen molar-refractivity contribution < 1.29 is 19.1 Å². The van der Waals surface area contributed by atoms with Crippen LogP contribution in [0.15, 0.2) is 84.0 Å². The molecule has 3 amide bonds. The predicted molar refractivity (Wildman–Crippen MR) is 176 cm³/mol. The van der Waals surface area contributed by atoms with E-state index in [9.17, 15) is 14.4 Å². The van der Waals surface area contributed by atoms with Crippen LogP contribution in [0.4, 0.5) is 11.4 Å². The van der Waals surface area contributed by atoms with E-state index in [-0.39, 0.29) is 36.6 Å². The number of hydrazone groups is 1. The van der Waals surface area contributed by atoms with E-state index in [1.54, 1.807) is 36.4 Å². The molecule has 1 aliphatic heterocycles. The lowest BCUT2D eigenvalue weighted by Crippen LogP contribution is -2.29. The molecule has 0 fully saturated rings. The number of anilines is 2. The molecule has 0 atom stereocenters. The van der Waals surface area contributed by atoms with E-state index >= 15 is 0 Å². The zero-order chi connectivity index (χ0) is 31.0. The maximum Gasteiger partial charge on any atom is 0.262 e. The molecule has 232 valence electrons. The van der Waals surface area contributed by atoms with Crippen LogP contribution in [0.1, 0.15) is 93.5 Å².